The maximum Gasteiger partial charge on any atom is 0.334 e. The molecule has 1 atom stereocenters. The lowest BCUT2D eigenvalue weighted by Gasteiger charge is -2.39. The molecule has 1 aromatic carbocycles. The molecule has 30 heavy (non-hydrogen) atoms. The molecular weight excluding hydrogens is 390 g/mol. The number of carbonyl (C=O) groups excluding carboxylic acids is 1. The first-order chi connectivity index (χ1) is 14.2. The molecule has 0 bridgehead atoms. The zero-order valence-electron chi connectivity index (χ0n) is 17.6. The molecule has 1 aliphatic rings. The average Bonchev–Trinajstić information content (AvgIpc) is 2.68. The molecule has 162 valence electrons. The topological polar surface area (TPSA) is 118 Å². The Labute approximate surface area is 174 Å². The summed E-state index contributed by atoms with van der Waals surface area (Å²) in [7, 11) is 1.81. The molecule has 0 saturated heterocycles. The Hall–Kier alpha value is -2.84. The summed E-state index contributed by atoms with van der Waals surface area (Å²) in [4.78, 5) is 25.1. The number of aliphatic hydroxyl groups is 1. The first kappa shape index (κ1) is 21.9. The van der Waals surface area contributed by atoms with Gasteiger partial charge in [-0.3, -0.25) is 4.79 Å². The molecule has 1 aliphatic heterocycles. The third-order valence-corrected chi connectivity index (χ3v) is 5.31. The fraction of sp³-hybridized carbons (Fsp3) is 0.455. The largest absolute Gasteiger partial charge is 0.507 e. The van der Waals surface area contributed by atoms with Crippen molar-refractivity contribution >= 4 is 16.9 Å². The van der Waals surface area contributed by atoms with E-state index >= 15 is 0 Å². The van der Waals surface area contributed by atoms with E-state index in [4.69, 9.17) is 13.9 Å². The molecule has 0 fully saturated rings. The Morgan fingerprint density at radius 1 is 1.40 bits per heavy atom. The maximum atomic E-state index is 12.6. The van der Waals surface area contributed by atoms with Gasteiger partial charge in [0.25, 0.3) is 0 Å². The molecule has 0 amide bonds. The minimum absolute atomic E-state index is 0.00231. The van der Waals surface area contributed by atoms with Crippen molar-refractivity contribution in [1.82, 2.24) is 5.32 Å². The standard InChI is InChI=1S/C22H27NO7/c1-5-12(6-7-23-4)21(27)29-18-9-14-16(30-22(18,2)3)10-17-19(20(14)26)15(25)8-13(11-24)28-17/h5,8,10,18,23-24,26H,6-7,9,11H2,1-4H3/b12-5-/t18-/m1/s1. The van der Waals surface area contributed by atoms with E-state index in [1.807, 2.05) is 0 Å². The fourth-order valence-corrected chi connectivity index (χ4v) is 3.53. The zero-order chi connectivity index (χ0) is 22.1. The number of benzene rings is 1. The molecule has 0 radical (unpaired) electrons. The Kier molecular flexibility index (Phi) is 6.19. The minimum Gasteiger partial charge on any atom is -0.507 e. The lowest BCUT2D eigenvalue weighted by molar-refractivity contribution is -0.156. The lowest BCUT2D eigenvalue weighted by Crippen LogP contribution is -2.49. The zero-order valence-corrected chi connectivity index (χ0v) is 17.6. The van der Waals surface area contributed by atoms with Crippen LogP contribution in [0.3, 0.4) is 0 Å². The van der Waals surface area contributed by atoms with E-state index in [1.165, 1.54) is 6.07 Å². The number of carbonyl (C=O) groups is 1. The second-order valence-electron chi connectivity index (χ2n) is 7.78. The van der Waals surface area contributed by atoms with Gasteiger partial charge >= 0.3 is 5.97 Å². The first-order valence-corrected chi connectivity index (χ1v) is 9.84. The van der Waals surface area contributed by atoms with E-state index in [-0.39, 0.29) is 28.9 Å². The van der Waals surface area contributed by atoms with E-state index in [0.717, 1.165) is 6.07 Å². The average molecular weight is 417 g/mol. The predicted molar refractivity (Wildman–Crippen MR) is 111 cm³/mol. The van der Waals surface area contributed by atoms with Crippen LogP contribution in [0.2, 0.25) is 0 Å². The smallest absolute Gasteiger partial charge is 0.334 e. The Balaban J connectivity index is 1.98. The summed E-state index contributed by atoms with van der Waals surface area (Å²) in [6.45, 7) is 5.56. The van der Waals surface area contributed by atoms with Gasteiger partial charge in [-0.15, -0.1) is 0 Å². The van der Waals surface area contributed by atoms with Crippen LogP contribution < -0.4 is 15.5 Å². The number of phenols is 1. The summed E-state index contributed by atoms with van der Waals surface area (Å²) in [5.74, 6) is -0.268. The van der Waals surface area contributed by atoms with Gasteiger partial charge in [0, 0.05) is 29.7 Å². The molecule has 3 N–H and O–H groups in total. The van der Waals surface area contributed by atoms with Crippen molar-refractivity contribution in [2.75, 3.05) is 13.6 Å². The Morgan fingerprint density at radius 2 is 2.13 bits per heavy atom. The molecule has 0 unspecified atom stereocenters. The van der Waals surface area contributed by atoms with Crippen LogP contribution in [0.25, 0.3) is 11.0 Å². The van der Waals surface area contributed by atoms with Crippen LogP contribution in [0.1, 0.15) is 38.5 Å². The summed E-state index contributed by atoms with van der Waals surface area (Å²) in [5, 5.41) is 23.0. The van der Waals surface area contributed by atoms with Crippen LogP contribution in [0.4, 0.5) is 0 Å². The van der Waals surface area contributed by atoms with Crippen molar-refractivity contribution in [1.29, 1.82) is 0 Å². The van der Waals surface area contributed by atoms with E-state index in [0.29, 0.717) is 29.9 Å². The van der Waals surface area contributed by atoms with Gasteiger partial charge in [0.2, 0.25) is 0 Å². The molecular formula is C22H27NO7. The number of esters is 1. The number of allylic oxidation sites excluding steroid dienone is 1. The third-order valence-electron chi connectivity index (χ3n) is 5.31. The summed E-state index contributed by atoms with van der Waals surface area (Å²) >= 11 is 0. The second kappa shape index (κ2) is 8.49. The van der Waals surface area contributed by atoms with Crippen LogP contribution in [0.15, 0.2) is 33.0 Å². The number of aromatic hydroxyl groups is 1. The summed E-state index contributed by atoms with van der Waals surface area (Å²) in [5.41, 5.74) is -0.300. The number of ether oxygens (including phenoxy) is 2. The molecule has 0 spiro atoms. The molecule has 1 aromatic heterocycles. The highest BCUT2D eigenvalue weighted by molar-refractivity contribution is 5.89. The maximum absolute atomic E-state index is 12.6. The van der Waals surface area contributed by atoms with Crippen LogP contribution in [-0.4, -0.2) is 41.5 Å². The monoisotopic (exact) mass is 417 g/mol. The van der Waals surface area contributed by atoms with E-state index < -0.39 is 29.7 Å². The SMILES string of the molecule is C/C=C(/CCNC)C(=O)O[C@@H]1Cc2c(cc3oc(CO)cc(=O)c3c2O)OC1(C)C. The highest BCUT2D eigenvalue weighted by atomic mass is 16.6. The van der Waals surface area contributed by atoms with Crippen molar-refractivity contribution < 1.29 is 28.9 Å². The van der Waals surface area contributed by atoms with Gasteiger partial charge in [0.1, 0.15) is 46.5 Å². The van der Waals surface area contributed by atoms with Crippen molar-refractivity contribution in [2.45, 2.75) is 51.9 Å². The number of rotatable bonds is 6. The van der Waals surface area contributed by atoms with Crippen molar-refractivity contribution in [2.24, 2.45) is 0 Å². The van der Waals surface area contributed by atoms with E-state index in [1.54, 1.807) is 33.9 Å². The second-order valence-corrected chi connectivity index (χ2v) is 7.78. The molecule has 0 saturated carbocycles. The third kappa shape index (κ3) is 4.06. The molecule has 8 nitrogen and oxygen atoms in total. The normalized spacial score (nSPS) is 18.0. The Morgan fingerprint density at radius 3 is 2.77 bits per heavy atom. The highest BCUT2D eigenvalue weighted by Gasteiger charge is 2.42. The van der Waals surface area contributed by atoms with Gasteiger partial charge < -0.3 is 29.4 Å². The summed E-state index contributed by atoms with van der Waals surface area (Å²) in [6, 6.07) is 2.66. The number of phenolic OH excluding ortho intramolecular Hbond substituents is 1. The summed E-state index contributed by atoms with van der Waals surface area (Å²) in [6.07, 6.45) is 1.76. The van der Waals surface area contributed by atoms with Gasteiger partial charge in [0.05, 0.1) is 0 Å². The van der Waals surface area contributed by atoms with Gasteiger partial charge in [0.15, 0.2) is 5.43 Å². The van der Waals surface area contributed by atoms with Crippen molar-refractivity contribution in [3.05, 3.63) is 45.3 Å². The highest BCUT2D eigenvalue weighted by Crippen LogP contribution is 2.43. The number of nitrogens with one attached hydrogen (secondary N) is 1. The molecule has 3 rings (SSSR count). The molecule has 0 aliphatic carbocycles. The number of hydrogen-bond donors (Lipinski definition) is 3. The van der Waals surface area contributed by atoms with Crippen LogP contribution in [0.5, 0.6) is 11.5 Å². The van der Waals surface area contributed by atoms with Crippen LogP contribution in [-0.2, 0) is 22.6 Å². The number of fused-ring (bicyclic) bond motifs is 2. The first-order valence-electron chi connectivity index (χ1n) is 9.84. The van der Waals surface area contributed by atoms with Crippen molar-refractivity contribution in [3.8, 4) is 11.5 Å². The van der Waals surface area contributed by atoms with Crippen molar-refractivity contribution in [3.63, 3.8) is 0 Å². The molecule has 8 heteroatoms. The van der Waals surface area contributed by atoms with E-state index in [2.05, 4.69) is 5.32 Å². The minimum atomic E-state index is -0.875. The van der Waals surface area contributed by atoms with Gasteiger partial charge in [-0.1, -0.05) is 6.08 Å². The summed E-state index contributed by atoms with van der Waals surface area (Å²) < 4.78 is 17.3. The quantitative estimate of drug-likeness (QED) is 0.483. The van der Waals surface area contributed by atoms with Crippen LogP contribution in [0, 0.1) is 0 Å². The number of aliphatic hydroxyl groups excluding tert-OH is 1. The lowest BCUT2D eigenvalue weighted by atomic mass is 9.89. The predicted octanol–water partition coefficient (Wildman–Crippen LogP) is 2.17. The van der Waals surface area contributed by atoms with Gasteiger partial charge in [-0.2, -0.15) is 0 Å². The number of hydrogen-bond acceptors (Lipinski definition) is 8. The van der Waals surface area contributed by atoms with Gasteiger partial charge in [-0.25, -0.2) is 4.79 Å². The van der Waals surface area contributed by atoms with E-state index in [9.17, 15) is 19.8 Å². The molecule has 2 aromatic rings. The van der Waals surface area contributed by atoms with Gasteiger partial charge in [-0.05, 0) is 40.8 Å². The molecule has 2 heterocycles. The van der Waals surface area contributed by atoms with Crippen LogP contribution >= 0.6 is 0 Å². The Bertz CT molecular complexity index is 1050. The fourth-order valence-electron chi connectivity index (χ4n) is 3.53.